The van der Waals surface area contributed by atoms with Crippen molar-refractivity contribution in [3.63, 3.8) is 0 Å². The Morgan fingerprint density at radius 2 is 1.84 bits per heavy atom. The number of hydrogen-bond acceptors (Lipinski definition) is 8. The van der Waals surface area contributed by atoms with E-state index in [0.717, 1.165) is 19.3 Å². The molecule has 0 radical (unpaired) electrons. The number of aliphatic hydroxyl groups excluding tert-OH is 3. The molecule has 7 rings (SSSR count). The maximum atomic E-state index is 13.3. The van der Waals surface area contributed by atoms with Crippen LogP contribution in [0.2, 0.25) is 0 Å². The third-order valence-corrected chi connectivity index (χ3v) is 7.98. The molecule has 11 heteroatoms. The van der Waals surface area contributed by atoms with Gasteiger partial charge in [0.05, 0.1) is 18.3 Å². The molecule has 1 aliphatic heterocycles. The Morgan fingerprint density at radius 1 is 1.19 bits per heavy atom. The minimum absolute atomic E-state index is 0.0236. The van der Waals surface area contributed by atoms with E-state index in [1.54, 1.807) is 0 Å². The van der Waals surface area contributed by atoms with Crippen LogP contribution in [0.1, 0.15) is 44.8 Å². The van der Waals surface area contributed by atoms with E-state index in [2.05, 4.69) is 20.3 Å². The quantitative estimate of drug-likeness (QED) is 0.435. The van der Waals surface area contributed by atoms with Crippen molar-refractivity contribution < 1.29 is 24.9 Å². The highest BCUT2D eigenvalue weighted by Gasteiger charge is 2.54. The molecule has 1 amide bonds. The molecule has 172 valence electrons. The Kier molecular flexibility index (Phi) is 4.49. The van der Waals surface area contributed by atoms with Crippen molar-refractivity contribution in [3.8, 4) is 0 Å². The average Bonchev–Trinajstić information content (AvgIpc) is 3.28. The topological polar surface area (TPSA) is 163 Å². The Hall–Kier alpha value is -2.34. The fourth-order valence-electron chi connectivity index (χ4n) is 6.91. The molecule has 0 aromatic carbocycles. The zero-order valence-electron chi connectivity index (χ0n) is 17.5. The summed E-state index contributed by atoms with van der Waals surface area (Å²) >= 11 is 0. The van der Waals surface area contributed by atoms with Crippen LogP contribution in [0.15, 0.2) is 11.1 Å². The van der Waals surface area contributed by atoms with Crippen LogP contribution in [0, 0.1) is 23.2 Å². The molecular formula is C21H27N5O6. The van der Waals surface area contributed by atoms with Crippen LogP contribution in [-0.2, 0) is 9.53 Å². The maximum Gasteiger partial charge on any atom is 0.280 e. The van der Waals surface area contributed by atoms with E-state index >= 15 is 0 Å². The molecule has 4 saturated carbocycles. The van der Waals surface area contributed by atoms with Gasteiger partial charge in [0.15, 0.2) is 17.4 Å². The van der Waals surface area contributed by atoms with E-state index in [-0.39, 0.29) is 23.0 Å². The highest BCUT2D eigenvalue weighted by Crippen LogP contribution is 2.60. The summed E-state index contributed by atoms with van der Waals surface area (Å²) in [7, 11) is 0. The van der Waals surface area contributed by atoms with Crippen LogP contribution in [0.25, 0.3) is 11.2 Å². The molecule has 2 aromatic rings. The minimum Gasteiger partial charge on any atom is -0.394 e. The van der Waals surface area contributed by atoms with Crippen molar-refractivity contribution in [2.24, 2.45) is 23.2 Å². The molecule has 0 spiro atoms. The van der Waals surface area contributed by atoms with Gasteiger partial charge in [0, 0.05) is 0 Å². The maximum absolute atomic E-state index is 13.3. The van der Waals surface area contributed by atoms with Crippen molar-refractivity contribution in [1.82, 2.24) is 19.5 Å². The largest absolute Gasteiger partial charge is 0.394 e. The number of amides is 1. The number of rotatable bonds is 4. The summed E-state index contributed by atoms with van der Waals surface area (Å²) < 4.78 is 6.89. The minimum atomic E-state index is -1.34. The van der Waals surface area contributed by atoms with E-state index in [4.69, 9.17) is 4.74 Å². The molecule has 3 heterocycles. The zero-order chi connectivity index (χ0) is 22.2. The van der Waals surface area contributed by atoms with E-state index in [1.807, 2.05) is 0 Å². The molecule has 5 N–H and O–H groups in total. The second-order valence-corrected chi connectivity index (χ2v) is 10.1. The van der Waals surface area contributed by atoms with Gasteiger partial charge in [-0.3, -0.25) is 24.5 Å². The number of fused-ring (bicyclic) bond motifs is 1. The molecule has 1 saturated heterocycles. The number of hydrogen-bond donors (Lipinski definition) is 5. The first-order valence-corrected chi connectivity index (χ1v) is 11.3. The molecular weight excluding hydrogens is 418 g/mol. The van der Waals surface area contributed by atoms with Crippen molar-refractivity contribution in [2.45, 2.75) is 63.1 Å². The third-order valence-electron chi connectivity index (χ3n) is 7.98. The molecule has 11 nitrogen and oxygen atoms in total. The summed E-state index contributed by atoms with van der Waals surface area (Å²) in [6, 6.07) is 0. The van der Waals surface area contributed by atoms with Crippen molar-refractivity contribution in [2.75, 3.05) is 11.9 Å². The molecule has 0 unspecified atom stereocenters. The smallest absolute Gasteiger partial charge is 0.280 e. The highest BCUT2D eigenvalue weighted by atomic mass is 16.6. The lowest BCUT2D eigenvalue weighted by atomic mass is 9.49. The second kappa shape index (κ2) is 7.08. The van der Waals surface area contributed by atoms with Crippen LogP contribution < -0.4 is 10.9 Å². The van der Waals surface area contributed by atoms with E-state index < -0.39 is 42.1 Å². The van der Waals surface area contributed by atoms with Gasteiger partial charge in [-0.1, -0.05) is 0 Å². The van der Waals surface area contributed by atoms with E-state index in [9.17, 15) is 24.9 Å². The van der Waals surface area contributed by atoms with Crippen LogP contribution in [-0.4, -0.2) is 65.7 Å². The van der Waals surface area contributed by atoms with Crippen LogP contribution in [0.4, 0.5) is 5.95 Å². The number of nitrogens with one attached hydrogen (secondary N) is 2. The Labute approximate surface area is 182 Å². The standard InChI is InChI=1S/C21H27N5O6/c27-7-12-14(28)15(29)18(32-12)26-8-22-13-16(26)23-20(24-17(13)30)25-19(31)21-4-9-1-10(5-21)3-11(2-9)6-21/h8-12,14-15,18,27-29H,1-7H2,(H2,23,24,25,30,31)/t9?,10?,11?,12-,14+,15-,18+,21?/m0/s1. The summed E-state index contributed by atoms with van der Waals surface area (Å²) in [4.78, 5) is 37.0. The lowest BCUT2D eigenvalue weighted by Crippen LogP contribution is -2.52. The normalized spacial score (nSPS) is 40.3. The first kappa shape index (κ1) is 20.3. The van der Waals surface area contributed by atoms with Crippen LogP contribution >= 0.6 is 0 Å². The number of imidazole rings is 1. The molecule has 32 heavy (non-hydrogen) atoms. The average molecular weight is 445 g/mol. The first-order chi connectivity index (χ1) is 15.4. The van der Waals surface area contributed by atoms with Crippen molar-refractivity contribution in [3.05, 3.63) is 16.7 Å². The number of nitrogens with zero attached hydrogens (tertiary/aromatic N) is 3. The van der Waals surface area contributed by atoms with Crippen LogP contribution in [0.3, 0.4) is 0 Å². The molecule has 2 aromatic heterocycles. The number of carbonyl (C=O) groups excluding carboxylic acids is 1. The van der Waals surface area contributed by atoms with Gasteiger partial charge in [-0.15, -0.1) is 0 Å². The number of ether oxygens (including phenoxy) is 1. The Balaban J connectivity index is 1.31. The van der Waals surface area contributed by atoms with Gasteiger partial charge < -0.3 is 20.1 Å². The molecule has 5 fully saturated rings. The van der Waals surface area contributed by atoms with E-state index in [0.29, 0.717) is 17.8 Å². The zero-order valence-corrected chi connectivity index (χ0v) is 17.5. The summed E-state index contributed by atoms with van der Waals surface area (Å²) in [5.41, 5.74) is -0.785. The first-order valence-electron chi connectivity index (χ1n) is 11.3. The predicted octanol–water partition coefficient (Wildman–Crippen LogP) is -0.114. The van der Waals surface area contributed by atoms with Crippen LogP contribution in [0.5, 0.6) is 0 Å². The Morgan fingerprint density at radius 3 is 2.44 bits per heavy atom. The van der Waals surface area contributed by atoms with Crippen molar-refractivity contribution in [1.29, 1.82) is 0 Å². The number of H-pyrrole nitrogens is 1. The summed E-state index contributed by atoms with van der Waals surface area (Å²) in [5, 5.41) is 32.6. The number of aromatic nitrogens is 4. The number of aromatic amines is 1. The summed E-state index contributed by atoms with van der Waals surface area (Å²) in [5.74, 6) is 1.74. The predicted molar refractivity (Wildman–Crippen MR) is 110 cm³/mol. The van der Waals surface area contributed by atoms with Gasteiger partial charge in [0.1, 0.15) is 18.3 Å². The van der Waals surface area contributed by atoms with Gasteiger partial charge in [0.2, 0.25) is 11.9 Å². The third kappa shape index (κ3) is 2.95. The van der Waals surface area contributed by atoms with Gasteiger partial charge in [0.25, 0.3) is 5.56 Å². The highest BCUT2D eigenvalue weighted by molar-refractivity contribution is 5.94. The molecule has 4 bridgehead atoms. The second-order valence-electron chi connectivity index (χ2n) is 10.1. The summed E-state index contributed by atoms with van der Waals surface area (Å²) in [6.07, 6.45) is 2.94. The molecule has 5 aliphatic rings. The van der Waals surface area contributed by atoms with Crippen molar-refractivity contribution >= 4 is 23.0 Å². The molecule has 4 atom stereocenters. The van der Waals surface area contributed by atoms with E-state index in [1.165, 1.54) is 30.2 Å². The fraction of sp³-hybridized carbons (Fsp3) is 0.714. The SMILES string of the molecule is O=C(Nc1nc2c(ncn2[C@@H]2O[C@@H](CO)[C@@H](O)[C@@H]2O)c(=O)[nH]1)C12CC3CC(CC(C3)C1)C2. The fourth-order valence-corrected chi connectivity index (χ4v) is 6.91. The van der Waals surface area contributed by atoms with Gasteiger partial charge in [-0.2, -0.15) is 4.98 Å². The lowest BCUT2D eigenvalue weighted by molar-refractivity contribution is -0.140. The monoisotopic (exact) mass is 445 g/mol. The number of carbonyl (C=O) groups is 1. The van der Waals surface area contributed by atoms with Gasteiger partial charge in [-0.05, 0) is 56.3 Å². The molecule has 4 aliphatic carbocycles. The summed E-state index contributed by atoms with van der Waals surface area (Å²) in [6.45, 7) is -0.470. The lowest BCUT2D eigenvalue weighted by Gasteiger charge is -2.55. The number of aliphatic hydroxyl groups is 3. The Bertz CT molecular complexity index is 1090. The number of anilines is 1. The van der Waals surface area contributed by atoms with Gasteiger partial charge >= 0.3 is 0 Å². The van der Waals surface area contributed by atoms with Gasteiger partial charge in [-0.25, -0.2) is 4.98 Å².